The first-order chi connectivity index (χ1) is 27.0. The lowest BCUT2D eigenvalue weighted by molar-refractivity contribution is -0.870. The summed E-state index contributed by atoms with van der Waals surface area (Å²) in [6.07, 6.45) is 42.2. The molecule has 0 aromatic rings. The number of hydrogen-bond donors (Lipinski definition) is 1. The molecule has 0 bridgehead atoms. The largest absolute Gasteiger partial charge is 0.472 e. The minimum atomic E-state index is -4.37. The van der Waals surface area contributed by atoms with E-state index in [9.17, 15) is 19.0 Å². The van der Waals surface area contributed by atoms with Crippen molar-refractivity contribution in [3.8, 4) is 0 Å². The van der Waals surface area contributed by atoms with Gasteiger partial charge in [0.25, 0.3) is 0 Å². The molecule has 0 fully saturated rings. The first-order valence-corrected chi connectivity index (χ1v) is 24.6. The first kappa shape index (κ1) is 54.5. The number of phosphoric ester groups is 1. The van der Waals surface area contributed by atoms with Crippen LogP contribution in [0.3, 0.4) is 0 Å². The maximum absolute atomic E-state index is 12.7. The molecule has 56 heavy (non-hydrogen) atoms. The van der Waals surface area contributed by atoms with Gasteiger partial charge in [0.05, 0.1) is 27.7 Å². The van der Waals surface area contributed by atoms with Crippen molar-refractivity contribution < 1.29 is 42.1 Å². The third-order valence-corrected chi connectivity index (χ3v) is 10.9. The van der Waals surface area contributed by atoms with Gasteiger partial charge in [0, 0.05) is 12.8 Å². The number of quaternary nitrogens is 1. The summed E-state index contributed by atoms with van der Waals surface area (Å²) >= 11 is 0. The molecule has 2 atom stereocenters. The maximum atomic E-state index is 12.7. The van der Waals surface area contributed by atoms with E-state index in [-0.39, 0.29) is 32.0 Å². The van der Waals surface area contributed by atoms with Gasteiger partial charge in [0.2, 0.25) is 0 Å². The van der Waals surface area contributed by atoms with Crippen LogP contribution in [0.5, 0.6) is 0 Å². The second-order valence-corrected chi connectivity index (χ2v) is 18.2. The van der Waals surface area contributed by atoms with Gasteiger partial charge >= 0.3 is 19.8 Å². The predicted octanol–water partition coefficient (Wildman–Crippen LogP) is 13.1. The molecule has 330 valence electrons. The minimum absolute atomic E-state index is 0.0311. The number of hydrogen-bond acceptors (Lipinski definition) is 7. The Morgan fingerprint density at radius 2 is 0.911 bits per heavy atom. The highest BCUT2D eigenvalue weighted by molar-refractivity contribution is 7.47. The highest BCUT2D eigenvalue weighted by atomic mass is 31.2. The molecule has 0 aliphatic heterocycles. The van der Waals surface area contributed by atoms with Crippen molar-refractivity contribution >= 4 is 19.8 Å². The molecule has 0 aromatic carbocycles. The molecule has 0 amide bonds. The predicted molar refractivity (Wildman–Crippen MR) is 234 cm³/mol. The Hall–Kier alpha value is -1.51. The van der Waals surface area contributed by atoms with E-state index in [1.165, 1.54) is 122 Å². The van der Waals surface area contributed by atoms with Gasteiger partial charge in [0.15, 0.2) is 6.10 Å². The van der Waals surface area contributed by atoms with Crippen LogP contribution in [0.4, 0.5) is 0 Å². The standard InChI is InChI=1S/C46H88NO8P/c1-6-8-10-12-14-16-18-20-21-22-23-24-25-27-28-30-32-34-36-38-45(48)52-42-44(43-54-56(50,51)53-41-40-47(3,4)5)55-46(49)39-37-35-33-31-29-26-19-17-15-13-11-9-7-2/h17,19-21,44H,6-16,18,22-43H2,1-5H3/p+1/b19-17-,21-20-/t44-/m1/s1. The van der Waals surface area contributed by atoms with Crippen LogP contribution in [0.25, 0.3) is 0 Å². The Morgan fingerprint density at radius 1 is 0.536 bits per heavy atom. The molecule has 9 nitrogen and oxygen atoms in total. The lowest BCUT2D eigenvalue weighted by Crippen LogP contribution is -2.37. The molecule has 1 N–H and O–H groups in total. The number of rotatable bonds is 42. The lowest BCUT2D eigenvalue weighted by Gasteiger charge is -2.24. The van der Waals surface area contributed by atoms with Crippen molar-refractivity contribution in [3.63, 3.8) is 0 Å². The normalized spacial score (nSPS) is 13.8. The number of unbranched alkanes of at least 4 members (excludes halogenated alkanes) is 24. The van der Waals surface area contributed by atoms with Gasteiger partial charge in [-0.05, 0) is 64.2 Å². The molecule has 0 aromatic heterocycles. The highest BCUT2D eigenvalue weighted by Gasteiger charge is 2.27. The molecule has 0 radical (unpaired) electrons. The third-order valence-electron chi connectivity index (χ3n) is 9.95. The van der Waals surface area contributed by atoms with E-state index in [2.05, 4.69) is 38.2 Å². The molecule has 0 saturated heterocycles. The molecule has 0 rings (SSSR count). The van der Waals surface area contributed by atoms with E-state index < -0.39 is 26.5 Å². The number of carbonyl (C=O) groups is 2. The Labute approximate surface area is 345 Å². The van der Waals surface area contributed by atoms with Crippen LogP contribution in [0.15, 0.2) is 24.3 Å². The van der Waals surface area contributed by atoms with E-state index in [1.54, 1.807) is 0 Å². The zero-order valence-electron chi connectivity index (χ0n) is 37.1. The fourth-order valence-electron chi connectivity index (χ4n) is 6.30. The number of nitrogens with zero attached hydrogens (tertiary/aromatic N) is 1. The van der Waals surface area contributed by atoms with Gasteiger partial charge in [-0.2, -0.15) is 0 Å². The van der Waals surface area contributed by atoms with Crippen molar-refractivity contribution in [1.82, 2.24) is 0 Å². The number of phosphoric acid groups is 1. The summed E-state index contributed by atoms with van der Waals surface area (Å²) in [6, 6.07) is 0. The van der Waals surface area contributed by atoms with E-state index in [1.807, 2.05) is 21.1 Å². The van der Waals surface area contributed by atoms with Crippen LogP contribution in [-0.4, -0.2) is 74.9 Å². The summed E-state index contributed by atoms with van der Waals surface area (Å²) in [5.41, 5.74) is 0. The van der Waals surface area contributed by atoms with Gasteiger partial charge in [0.1, 0.15) is 19.8 Å². The molecular weight excluding hydrogens is 725 g/mol. The highest BCUT2D eigenvalue weighted by Crippen LogP contribution is 2.43. The molecule has 0 spiro atoms. The van der Waals surface area contributed by atoms with Crippen LogP contribution < -0.4 is 0 Å². The van der Waals surface area contributed by atoms with Crippen LogP contribution in [-0.2, 0) is 32.7 Å². The summed E-state index contributed by atoms with van der Waals surface area (Å²) in [7, 11) is 1.47. The summed E-state index contributed by atoms with van der Waals surface area (Å²) in [5.74, 6) is -0.806. The number of carbonyl (C=O) groups excluding carboxylic acids is 2. The van der Waals surface area contributed by atoms with Crippen molar-refractivity contribution in [2.75, 3.05) is 47.5 Å². The Morgan fingerprint density at radius 3 is 1.34 bits per heavy atom. The second-order valence-electron chi connectivity index (χ2n) is 16.8. The van der Waals surface area contributed by atoms with Gasteiger partial charge in [-0.25, -0.2) is 4.57 Å². The van der Waals surface area contributed by atoms with Gasteiger partial charge in [-0.1, -0.05) is 154 Å². The Balaban J connectivity index is 4.29. The second kappa shape index (κ2) is 39.0. The van der Waals surface area contributed by atoms with Crippen LogP contribution in [0, 0.1) is 0 Å². The lowest BCUT2D eigenvalue weighted by atomic mass is 10.1. The maximum Gasteiger partial charge on any atom is 0.472 e. The first-order valence-electron chi connectivity index (χ1n) is 23.1. The van der Waals surface area contributed by atoms with Crippen LogP contribution in [0.1, 0.15) is 206 Å². The van der Waals surface area contributed by atoms with E-state index >= 15 is 0 Å². The fourth-order valence-corrected chi connectivity index (χ4v) is 7.04. The smallest absolute Gasteiger partial charge is 0.462 e. The van der Waals surface area contributed by atoms with Crippen molar-refractivity contribution in [1.29, 1.82) is 0 Å². The van der Waals surface area contributed by atoms with Crippen molar-refractivity contribution in [2.24, 2.45) is 0 Å². The number of allylic oxidation sites excluding steroid dienone is 4. The van der Waals surface area contributed by atoms with E-state index in [0.717, 1.165) is 51.4 Å². The Kier molecular flexibility index (Phi) is 37.9. The molecule has 0 saturated carbocycles. The summed E-state index contributed by atoms with van der Waals surface area (Å²) < 4.78 is 34.3. The fraction of sp³-hybridized carbons (Fsp3) is 0.870. The molecule has 0 heterocycles. The van der Waals surface area contributed by atoms with Gasteiger partial charge in [-0.15, -0.1) is 0 Å². The molecule has 10 heteroatoms. The molecular formula is C46H89NO8P+. The molecule has 1 unspecified atom stereocenters. The molecule has 0 aliphatic rings. The van der Waals surface area contributed by atoms with Crippen LogP contribution >= 0.6 is 7.82 Å². The van der Waals surface area contributed by atoms with E-state index in [0.29, 0.717) is 17.4 Å². The van der Waals surface area contributed by atoms with Crippen LogP contribution in [0.2, 0.25) is 0 Å². The molecule has 0 aliphatic carbocycles. The summed E-state index contributed by atoms with van der Waals surface area (Å²) in [5, 5.41) is 0. The van der Waals surface area contributed by atoms with Gasteiger partial charge < -0.3 is 18.9 Å². The average Bonchev–Trinajstić information content (AvgIpc) is 3.15. The van der Waals surface area contributed by atoms with Crippen molar-refractivity contribution in [3.05, 3.63) is 24.3 Å². The summed E-state index contributed by atoms with van der Waals surface area (Å²) in [4.78, 5) is 35.4. The third kappa shape index (κ3) is 42.1. The average molecular weight is 815 g/mol. The van der Waals surface area contributed by atoms with Crippen molar-refractivity contribution in [2.45, 2.75) is 213 Å². The Bertz CT molecular complexity index is 1010. The minimum Gasteiger partial charge on any atom is -0.462 e. The number of esters is 2. The van der Waals surface area contributed by atoms with E-state index in [4.69, 9.17) is 18.5 Å². The SMILES string of the molecule is CCCCCC/C=C\CCCCCCCC(=O)O[C@H](COC(=O)CCCCCCCCCCC/C=C\CCCCCCCC)COP(=O)(O)OCC[N+](C)(C)C. The zero-order valence-corrected chi connectivity index (χ0v) is 38.0. The summed E-state index contributed by atoms with van der Waals surface area (Å²) in [6.45, 7) is 4.40. The number of ether oxygens (including phenoxy) is 2. The quantitative estimate of drug-likeness (QED) is 0.0213. The topological polar surface area (TPSA) is 108 Å². The monoisotopic (exact) mass is 815 g/mol. The zero-order chi connectivity index (χ0) is 41.4. The van der Waals surface area contributed by atoms with Gasteiger partial charge in [-0.3, -0.25) is 18.6 Å². The number of likely N-dealkylation sites (N-methyl/N-ethyl adjacent to an activating group) is 1.